The van der Waals surface area contributed by atoms with Gasteiger partial charge >= 0.3 is 5.69 Å². The molecule has 4 atom stereocenters. The third-order valence-corrected chi connectivity index (χ3v) is 3.14. The molecule has 0 aliphatic carbocycles. The van der Waals surface area contributed by atoms with Gasteiger partial charge < -0.3 is 19.7 Å². The number of aromatic amines is 1. The lowest BCUT2D eigenvalue weighted by atomic mass is 10.1. The quantitative estimate of drug-likeness (QED) is 0.652. The predicted molar refractivity (Wildman–Crippen MR) is 68.4 cm³/mol. The molecular formula is C12H17FN2O6. The number of H-pyrrole nitrogens is 1. The highest BCUT2D eigenvalue weighted by molar-refractivity contribution is 4.90. The zero-order valence-electron chi connectivity index (χ0n) is 11.5. The van der Waals surface area contributed by atoms with Gasteiger partial charge in [0.05, 0.1) is 6.61 Å². The molecule has 0 amide bonds. The van der Waals surface area contributed by atoms with Crippen LogP contribution in [0.4, 0.5) is 4.39 Å². The minimum absolute atomic E-state index is 0.137. The maximum absolute atomic E-state index is 14.3. The van der Waals surface area contributed by atoms with Gasteiger partial charge in [-0.3, -0.25) is 14.3 Å². The van der Waals surface area contributed by atoms with Crippen LogP contribution in [-0.4, -0.2) is 50.5 Å². The largest absolute Gasteiger partial charge is 0.388 e. The first kappa shape index (κ1) is 15.8. The van der Waals surface area contributed by atoms with Gasteiger partial charge in [0.1, 0.15) is 18.3 Å². The van der Waals surface area contributed by atoms with E-state index in [9.17, 15) is 24.2 Å². The van der Waals surface area contributed by atoms with Crippen molar-refractivity contribution in [3.63, 3.8) is 0 Å². The van der Waals surface area contributed by atoms with E-state index in [1.807, 2.05) is 4.98 Å². The number of hydrogen-bond acceptors (Lipinski definition) is 6. The number of rotatable bonds is 3. The maximum atomic E-state index is 14.3. The number of hydrogen-bond donors (Lipinski definition) is 3. The van der Waals surface area contributed by atoms with E-state index in [1.54, 1.807) is 13.8 Å². The number of halogens is 1. The van der Waals surface area contributed by atoms with Crippen LogP contribution in [0.2, 0.25) is 0 Å². The summed E-state index contributed by atoms with van der Waals surface area (Å²) in [5.41, 5.74) is -1.68. The molecule has 2 heterocycles. The van der Waals surface area contributed by atoms with Crippen molar-refractivity contribution < 1.29 is 24.1 Å². The summed E-state index contributed by atoms with van der Waals surface area (Å²) in [6.45, 7) is 2.97. The van der Waals surface area contributed by atoms with Crippen molar-refractivity contribution in [3.8, 4) is 0 Å². The topological polar surface area (TPSA) is 114 Å². The van der Waals surface area contributed by atoms with Gasteiger partial charge in [0.25, 0.3) is 5.56 Å². The van der Waals surface area contributed by atoms with E-state index in [0.29, 0.717) is 4.57 Å². The molecule has 3 N–H and O–H groups in total. The zero-order valence-corrected chi connectivity index (χ0v) is 11.5. The van der Waals surface area contributed by atoms with Crippen molar-refractivity contribution in [2.45, 2.75) is 44.2 Å². The first-order valence-corrected chi connectivity index (χ1v) is 6.35. The van der Waals surface area contributed by atoms with E-state index < -0.39 is 41.6 Å². The summed E-state index contributed by atoms with van der Waals surface area (Å²) in [5.74, 6) is -1.10. The summed E-state index contributed by atoms with van der Waals surface area (Å²) in [4.78, 5) is 24.3. The van der Waals surface area contributed by atoms with Crippen molar-refractivity contribution in [2.24, 2.45) is 0 Å². The van der Waals surface area contributed by atoms with Crippen LogP contribution in [0.15, 0.2) is 21.9 Å². The molecule has 0 aromatic carbocycles. The Morgan fingerprint density at radius 2 is 2.19 bits per heavy atom. The third kappa shape index (κ3) is 3.38. The number of nitrogens with zero attached hydrogens (tertiary/aromatic N) is 1. The van der Waals surface area contributed by atoms with Crippen molar-refractivity contribution >= 4 is 0 Å². The molecule has 1 fully saturated rings. The average molecular weight is 304 g/mol. The van der Waals surface area contributed by atoms with E-state index in [0.717, 1.165) is 12.3 Å². The fourth-order valence-electron chi connectivity index (χ4n) is 2.06. The molecule has 8 nitrogen and oxygen atoms in total. The Bertz CT molecular complexity index is 612. The summed E-state index contributed by atoms with van der Waals surface area (Å²) in [6, 6.07) is 0.950. The van der Waals surface area contributed by atoms with Crippen LogP contribution in [0.1, 0.15) is 20.1 Å². The van der Waals surface area contributed by atoms with Crippen LogP contribution in [0.5, 0.6) is 0 Å². The van der Waals surface area contributed by atoms with Gasteiger partial charge in [-0.25, -0.2) is 9.18 Å². The second-order valence-electron chi connectivity index (χ2n) is 5.24. The number of aromatic nitrogens is 2. The molecule has 0 bridgehead atoms. The van der Waals surface area contributed by atoms with Crippen LogP contribution in [0, 0.1) is 0 Å². The summed E-state index contributed by atoms with van der Waals surface area (Å²) >= 11 is 0. The van der Waals surface area contributed by atoms with E-state index in [2.05, 4.69) is 0 Å². The van der Waals surface area contributed by atoms with Gasteiger partial charge in [-0.05, 0) is 13.8 Å². The average Bonchev–Trinajstić information content (AvgIpc) is 2.40. The van der Waals surface area contributed by atoms with Crippen molar-refractivity contribution in [3.05, 3.63) is 33.1 Å². The molecule has 1 saturated heterocycles. The van der Waals surface area contributed by atoms with Gasteiger partial charge in [-0.15, -0.1) is 0 Å². The van der Waals surface area contributed by atoms with Crippen LogP contribution < -0.4 is 11.2 Å². The van der Waals surface area contributed by atoms with E-state index in [1.165, 1.54) is 0 Å². The van der Waals surface area contributed by atoms with Crippen LogP contribution in [-0.2, 0) is 9.47 Å². The lowest BCUT2D eigenvalue weighted by Gasteiger charge is -2.41. The first-order chi connectivity index (χ1) is 9.71. The summed E-state index contributed by atoms with van der Waals surface area (Å²) in [7, 11) is 0. The van der Waals surface area contributed by atoms with Gasteiger partial charge in [0.2, 0.25) is 6.30 Å². The van der Waals surface area contributed by atoms with Crippen LogP contribution >= 0.6 is 0 Å². The van der Waals surface area contributed by atoms with Crippen molar-refractivity contribution in [1.82, 2.24) is 9.55 Å². The molecule has 2 rings (SSSR count). The standard InChI is InChI=1S/C12H17FN2O6/c1-12(2)20-5-6(16)9(21-12)8(18)10(13)15-4-3-7(17)14-11(15)19/h3-4,6,8-10,16,18H,5H2,1-2H3,(H,14,17,19)/t6-,8-,9-,10+/m1/s1. The molecule has 1 aromatic heterocycles. The summed E-state index contributed by atoms with van der Waals surface area (Å²) in [5, 5.41) is 19.8. The Morgan fingerprint density at radius 1 is 1.52 bits per heavy atom. The van der Waals surface area contributed by atoms with Gasteiger partial charge in [0, 0.05) is 12.3 Å². The fourth-order valence-corrected chi connectivity index (χ4v) is 2.06. The fraction of sp³-hybridized carbons (Fsp3) is 0.667. The molecule has 0 radical (unpaired) electrons. The SMILES string of the molecule is CC1(C)OC[C@@H](O)[C@H]([C@@H](O)[C@@H](F)n2ccc(=O)[nH]c2=O)O1. The smallest absolute Gasteiger partial charge is 0.330 e. The minimum atomic E-state index is -2.19. The zero-order chi connectivity index (χ0) is 15.8. The third-order valence-electron chi connectivity index (χ3n) is 3.14. The summed E-state index contributed by atoms with van der Waals surface area (Å²) < 4.78 is 25.3. The van der Waals surface area contributed by atoms with E-state index >= 15 is 0 Å². The van der Waals surface area contributed by atoms with Crippen molar-refractivity contribution in [2.75, 3.05) is 6.61 Å². The normalized spacial score (nSPS) is 28.0. The molecule has 1 aliphatic heterocycles. The summed E-state index contributed by atoms with van der Waals surface area (Å²) in [6.07, 6.45) is -5.60. The lowest BCUT2D eigenvalue weighted by molar-refractivity contribution is -0.324. The molecule has 9 heteroatoms. The highest BCUT2D eigenvalue weighted by Crippen LogP contribution is 2.28. The van der Waals surface area contributed by atoms with Gasteiger partial charge in [-0.1, -0.05) is 0 Å². The highest BCUT2D eigenvalue weighted by Gasteiger charge is 2.43. The highest BCUT2D eigenvalue weighted by atomic mass is 19.1. The number of nitrogens with one attached hydrogen (secondary N) is 1. The Hall–Kier alpha value is -1.55. The molecular weight excluding hydrogens is 287 g/mol. The van der Waals surface area contributed by atoms with Gasteiger partial charge in [0.15, 0.2) is 5.79 Å². The van der Waals surface area contributed by atoms with E-state index in [-0.39, 0.29) is 6.61 Å². The second-order valence-corrected chi connectivity index (χ2v) is 5.24. The molecule has 0 saturated carbocycles. The van der Waals surface area contributed by atoms with Crippen LogP contribution in [0.25, 0.3) is 0 Å². The number of aliphatic hydroxyl groups excluding tert-OH is 2. The molecule has 21 heavy (non-hydrogen) atoms. The Balaban J connectivity index is 2.23. The number of alkyl halides is 1. The Kier molecular flexibility index (Phi) is 4.28. The molecule has 0 spiro atoms. The lowest BCUT2D eigenvalue weighted by Crippen LogP contribution is -2.55. The Labute approximate surface area is 118 Å². The molecule has 0 unspecified atom stereocenters. The predicted octanol–water partition coefficient (Wildman–Crippen LogP) is -1.12. The van der Waals surface area contributed by atoms with E-state index in [4.69, 9.17) is 9.47 Å². The monoisotopic (exact) mass is 304 g/mol. The van der Waals surface area contributed by atoms with Crippen LogP contribution in [0.3, 0.4) is 0 Å². The van der Waals surface area contributed by atoms with Crippen molar-refractivity contribution in [1.29, 1.82) is 0 Å². The molecule has 1 aromatic rings. The Morgan fingerprint density at radius 3 is 2.81 bits per heavy atom. The number of ether oxygens (including phenoxy) is 2. The van der Waals surface area contributed by atoms with Gasteiger partial charge in [-0.2, -0.15) is 0 Å². The maximum Gasteiger partial charge on any atom is 0.330 e. The molecule has 1 aliphatic rings. The minimum Gasteiger partial charge on any atom is -0.388 e. The first-order valence-electron chi connectivity index (χ1n) is 6.35. The second kappa shape index (κ2) is 5.68. The molecule has 118 valence electrons. The number of aliphatic hydroxyl groups is 2.